The van der Waals surface area contributed by atoms with Crippen LogP contribution in [0.4, 0.5) is 10.1 Å². The van der Waals surface area contributed by atoms with Gasteiger partial charge in [-0.25, -0.2) is 4.39 Å². The topological polar surface area (TPSA) is 80.2 Å². The Kier molecular flexibility index (Phi) is 8.10. The number of thioether (sulfide) groups is 1. The zero-order valence-electron chi connectivity index (χ0n) is 18.3. The lowest BCUT2D eigenvalue weighted by Crippen LogP contribution is -2.46. The smallest absolute Gasteiger partial charge is 0.238 e. The van der Waals surface area contributed by atoms with Crippen molar-refractivity contribution in [3.63, 3.8) is 0 Å². The van der Waals surface area contributed by atoms with Crippen LogP contribution in [0.2, 0.25) is 0 Å². The van der Waals surface area contributed by atoms with Gasteiger partial charge in [-0.1, -0.05) is 30.0 Å². The van der Waals surface area contributed by atoms with Crippen molar-refractivity contribution >= 4 is 34.4 Å². The SMILES string of the molecule is CCN=C1S[C@@H](C(=O)Nc2ccccc2F)CC(=O)N1CCc1ccc(OC)c(OC)c1. The molecule has 1 aliphatic heterocycles. The Morgan fingerprint density at radius 2 is 1.97 bits per heavy atom. The highest BCUT2D eigenvalue weighted by Crippen LogP contribution is 2.30. The Hall–Kier alpha value is -3.07. The third-order valence-electron chi connectivity index (χ3n) is 4.93. The number of ether oxygens (including phenoxy) is 2. The molecule has 1 saturated heterocycles. The number of carbonyl (C=O) groups is 2. The molecule has 1 heterocycles. The van der Waals surface area contributed by atoms with Gasteiger partial charge in [-0.3, -0.25) is 19.5 Å². The van der Waals surface area contributed by atoms with Crippen LogP contribution in [0.15, 0.2) is 47.5 Å². The van der Waals surface area contributed by atoms with Crippen molar-refractivity contribution in [2.24, 2.45) is 4.99 Å². The van der Waals surface area contributed by atoms with Crippen LogP contribution >= 0.6 is 11.8 Å². The average Bonchev–Trinajstić information content (AvgIpc) is 2.79. The number of halogens is 1. The highest BCUT2D eigenvalue weighted by molar-refractivity contribution is 8.15. The van der Waals surface area contributed by atoms with Crippen molar-refractivity contribution in [1.29, 1.82) is 0 Å². The van der Waals surface area contributed by atoms with Crippen LogP contribution in [0.1, 0.15) is 18.9 Å². The van der Waals surface area contributed by atoms with Crippen molar-refractivity contribution in [2.45, 2.75) is 25.0 Å². The van der Waals surface area contributed by atoms with Crippen molar-refractivity contribution in [1.82, 2.24) is 4.90 Å². The number of aliphatic imine (C=N–C) groups is 1. The summed E-state index contributed by atoms with van der Waals surface area (Å²) >= 11 is 1.23. The molecule has 0 bridgehead atoms. The van der Waals surface area contributed by atoms with E-state index in [1.807, 2.05) is 25.1 Å². The number of hydrogen-bond acceptors (Lipinski definition) is 6. The molecule has 0 aromatic heterocycles. The summed E-state index contributed by atoms with van der Waals surface area (Å²) in [6.07, 6.45) is 0.598. The molecule has 1 aliphatic rings. The molecule has 2 amide bonds. The molecular formula is C23H26FN3O4S. The van der Waals surface area contributed by atoms with Gasteiger partial charge in [0.1, 0.15) is 11.1 Å². The van der Waals surface area contributed by atoms with Gasteiger partial charge in [0, 0.05) is 19.5 Å². The molecule has 0 spiro atoms. The molecule has 2 aromatic carbocycles. The van der Waals surface area contributed by atoms with Gasteiger partial charge in [-0.2, -0.15) is 0 Å². The molecule has 32 heavy (non-hydrogen) atoms. The maximum absolute atomic E-state index is 13.9. The first-order chi connectivity index (χ1) is 15.5. The maximum Gasteiger partial charge on any atom is 0.238 e. The molecule has 170 valence electrons. The number of nitrogens with one attached hydrogen (secondary N) is 1. The van der Waals surface area contributed by atoms with E-state index in [1.54, 1.807) is 31.3 Å². The zero-order chi connectivity index (χ0) is 23.1. The van der Waals surface area contributed by atoms with E-state index in [4.69, 9.17) is 9.47 Å². The van der Waals surface area contributed by atoms with E-state index >= 15 is 0 Å². The molecule has 2 aromatic rings. The van der Waals surface area contributed by atoms with Crippen LogP contribution in [0, 0.1) is 5.82 Å². The number of para-hydroxylation sites is 1. The first-order valence-corrected chi connectivity index (χ1v) is 11.1. The largest absolute Gasteiger partial charge is 0.493 e. The second-order valence-corrected chi connectivity index (χ2v) is 8.19. The van der Waals surface area contributed by atoms with Crippen LogP contribution in [0.25, 0.3) is 0 Å². The summed E-state index contributed by atoms with van der Waals surface area (Å²) in [4.78, 5) is 31.6. The number of amides is 2. The van der Waals surface area contributed by atoms with Crippen molar-refractivity contribution in [3.8, 4) is 11.5 Å². The summed E-state index contributed by atoms with van der Waals surface area (Å²) in [6, 6.07) is 11.6. The zero-order valence-corrected chi connectivity index (χ0v) is 19.1. The molecule has 0 aliphatic carbocycles. The van der Waals surface area contributed by atoms with Gasteiger partial charge in [-0.05, 0) is 43.2 Å². The lowest BCUT2D eigenvalue weighted by atomic mass is 10.1. The maximum atomic E-state index is 13.9. The number of nitrogens with zero attached hydrogens (tertiary/aromatic N) is 2. The van der Waals surface area contributed by atoms with Gasteiger partial charge in [0.15, 0.2) is 16.7 Å². The minimum Gasteiger partial charge on any atom is -0.493 e. The first-order valence-electron chi connectivity index (χ1n) is 10.2. The van der Waals surface area contributed by atoms with Gasteiger partial charge < -0.3 is 14.8 Å². The van der Waals surface area contributed by atoms with Gasteiger partial charge >= 0.3 is 0 Å². The molecule has 1 fully saturated rings. The standard InChI is InChI=1S/C23H26FN3O4S/c1-4-25-23-27(12-11-15-9-10-18(30-2)19(13-15)31-3)21(28)14-20(32-23)22(29)26-17-8-6-5-7-16(17)24/h5-10,13,20H,4,11-12,14H2,1-3H3,(H,26,29)/t20-/m1/s1. The predicted molar refractivity (Wildman–Crippen MR) is 124 cm³/mol. The summed E-state index contributed by atoms with van der Waals surface area (Å²) in [5, 5.41) is 2.39. The van der Waals surface area contributed by atoms with Crippen LogP contribution in [-0.4, -0.2) is 54.4 Å². The van der Waals surface area contributed by atoms with E-state index in [0.717, 1.165) is 5.56 Å². The molecule has 3 rings (SSSR count). The van der Waals surface area contributed by atoms with Crippen LogP contribution < -0.4 is 14.8 Å². The number of hydrogen-bond donors (Lipinski definition) is 1. The fraction of sp³-hybridized carbons (Fsp3) is 0.348. The molecule has 9 heteroatoms. The van der Waals surface area contributed by atoms with Crippen molar-refractivity contribution < 1.29 is 23.5 Å². The molecule has 0 saturated carbocycles. The molecular weight excluding hydrogens is 433 g/mol. The number of anilines is 1. The van der Waals surface area contributed by atoms with Crippen molar-refractivity contribution in [3.05, 3.63) is 53.8 Å². The van der Waals surface area contributed by atoms with E-state index in [-0.39, 0.29) is 18.0 Å². The van der Waals surface area contributed by atoms with E-state index in [9.17, 15) is 14.0 Å². The Labute approximate surface area is 191 Å². The predicted octanol–water partition coefficient (Wildman–Crippen LogP) is 3.73. The normalized spacial score (nSPS) is 17.4. The van der Waals surface area contributed by atoms with Crippen LogP contribution in [0.5, 0.6) is 11.5 Å². The fourth-order valence-electron chi connectivity index (χ4n) is 3.29. The summed E-state index contributed by atoms with van der Waals surface area (Å²) in [5.74, 6) is 0.128. The number of amidine groups is 1. The molecule has 1 N–H and O–H groups in total. The third kappa shape index (κ3) is 5.59. The fourth-order valence-corrected chi connectivity index (χ4v) is 4.46. The number of carbonyl (C=O) groups excluding carboxylic acids is 2. The highest BCUT2D eigenvalue weighted by Gasteiger charge is 2.35. The number of methoxy groups -OCH3 is 2. The minimum atomic E-state index is -0.676. The van der Waals surface area contributed by atoms with Crippen LogP contribution in [-0.2, 0) is 16.0 Å². The van der Waals surface area contributed by atoms with E-state index in [2.05, 4.69) is 10.3 Å². The average molecular weight is 460 g/mol. The number of benzene rings is 2. The Morgan fingerprint density at radius 3 is 2.66 bits per heavy atom. The summed E-state index contributed by atoms with van der Waals surface area (Å²) < 4.78 is 24.5. The Bertz CT molecular complexity index is 1010. The third-order valence-corrected chi connectivity index (χ3v) is 6.15. The Balaban J connectivity index is 1.69. The first kappa shape index (κ1) is 23.6. The van der Waals surface area contributed by atoms with Gasteiger partial charge in [0.25, 0.3) is 0 Å². The van der Waals surface area contributed by atoms with Gasteiger partial charge in [0.2, 0.25) is 11.8 Å². The van der Waals surface area contributed by atoms with Crippen LogP contribution in [0.3, 0.4) is 0 Å². The number of rotatable bonds is 8. The minimum absolute atomic E-state index is 0.0135. The van der Waals surface area contributed by atoms with E-state index in [0.29, 0.717) is 36.2 Å². The second kappa shape index (κ2) is 11.0. The summed E-state index contributed by atoms with van der Waals surface area (Å²) in [7, 11) is 3.15. The monoisotopic (exact) mass is 459 g/mol. The summed E-state index contributed by atoms with van der Waals surface area (Å²) in [6.45, 7) is 2.76. The van der Waals surface area contributed by atoms with E-state index in [1.165, 1.54) is 23.9 Å². The Morgan fingerprint density at radius 1 is 1.22 bits per heavy atom. The summed E-state index contributed by atoms with van der Waals surface area (Å²) in [5.41, 5.74) is 1.08. The lowest BCUT2D eigenvalue weighted by Gasteiger charge is -2.32. The lowest BCUT2D eigenvalue weighted by molar-refractivity contribution is -0.129. The van der Waals surface area contributed by atoms with Gasteiger partial charge in [-0.15, -0.1) is 0 Å². The quantitative estimate of drug-likeness (QED) is 0.651. The highest BCUT2D eigenvalue weighted by atomic mass is 32.2. The van der Waals surface area contributed by atoms with E-state index < -0.39 is 17.0 Å². The molecule has 0 radical (unpaired) electrons. The van der Waals surface area contributed by atoms with Gasteiger partial charge in [0.05, 0.1) is 19.9 Å². The van der Waals surface area contributed by atoms with Crippen molar-refractivity contribution in [2.75, 3.05) is 32.6 Å². The second-order valence-electron chi connectivity index (χ2n) is 7.02. The molecule has 1 atom stereocenters. The molecule has 7 nitrogen and oxygen atoms in total. The molecule has 0 unspecified atom stereocenters.